The largest absolute Gasteiger partial charge is 0.496 e. The maximum atomic E-state index is 12.9. The van der Waals surface area contributed by atoms with Crippen LogP contribution in [0.4, 0.5) is 5.13 Å². The van der Waals surface area contributed by atoms with Crippen molar-refractivity contribution in [2.24, 2.45) is 0 Å². The van der Waals surface area contributed by atoms with Crippen LogP contribution in [0.15, 0.2) is 41.3 Å². The van der Waals surface area contributed by atoms with E-state index in [4.69, 9.17) is 49.4 Å². The van der Waals surface area contributed by atoms with Crippen LogP contribution in [0.1, 0.15) is 41.3 Å². The van der Waals surface area contributed by atoms with Crippen LogP contribution in [0, 0.1) is 0 Å². The number of halogens is 3. The molecular formula is C27H27Cl3N2O5S. The minimum atomic E-state index is -1.09. The molecule has 0 aliphatic rings. The van der Waals surface area contributed by atoms with Gasteiger partial charge in [0.25, 0.3) is 5.91 Å². The second kappa shape index (κ2) is 14.5. The van der Waals surface area contributed by atoms with Gasteiger partial charge in [-0.2, -0.15) is 0 Å². The number of anilines is 1. The van der Waals surface area contributed by atoms with E-state index < -0.39 is 11.9 Å². The quantitative estimate of drug-likeness (QED) is 0.121. The average Bonchev–Trinajstić information content (AvgIpc) is 3.35. The van der Waals surface area contributed by atoms with Crippen molar-refractivity contribution in [2.45, 2.75) is 26.2 Å². The number of carbonyl (C=O) groups excluding carboxylic acids is 1. The van der Waals surface area contributed by atoms with Gasteiger partial charge < -0.3 is 14.6 Å². The molecule has 0 saturated carbocycles. The van der Waals surface area contributed by atoms with Gasteiger partial charge >= 0.3 is 5.97 Å². The molecule has 2 aromatic carbocycles. The van der Waals surface area contributed by atoms with Crippen LogP contribution < -0.4 is 10.1 Å². The molecule has 0 radical (unpaired) electrons. The summed E-state index contributed by atoms with van der Waals surface area (Å²) in [6.45, 7) is 2.66. The number of aromatic nitrogens is 1. The fraction of sp³-hybridized carbons (Fsp3) is 0.296. The van der Waals surface area contributed by atoms with Gasteiger partial charge in [-0.15, -0.1) is 22.9 Å². The fourth-order valence-electron chi connectivity index (χ4n) is 3.56. The van der Waals surface area contributed by atoms with Gasteiger partial charge in [0, 0.05) is 40.1 Å². The van der Waals surface area contributed by atoms with Crippen molar-refractivity contribution in [2.75, 3.05) is 31.5 Å². The first-order valence-corrected chi connectivity index (χ1v) is 13.9. The summed E-state index contributed by atoms with van der Waals surface area (Å²) in [6.07, 6.45) is 3.90. The molecule has 3 aromatic rings. The average molecular weight is 598 g/mol. The van der Waals surface area contributed by atoms with Crippen molar-refractivity contribution in [3.05, 3.63) is 68.0 Å². The van der Waals surface area contributed by atoms with Gasteiger partial charge in [-0.05, 0) is 56.0 Å². The molecule has 0 bridgehead atoms. The summed E-state index contributed by atoms with van der Waals surface area (Å²) in [7, 11) is 1.61. The number of hydrogen-bond donors (Lipinski definition) is 2. The molecule has 0 spiro atoms. The summed E-state index contributed by atoms with van der Waals surface area (Å²) in [4.78, 5) is 28.6. The highest BCUT2D eigenvalue weighted by molar-refractivity contribution is 7.14. The smallest absolute Gasteiger partial charge is 0.331 e. The van der Waals surface area contributed by atoms with E-state index in [0.717, 1.165) is 24.0 Å². The Bertz CT molecular complexity index is 1300. The van der Waals surface area contributed by atoms with E-state index in [1.54, 1.807) is 7.11 Å². The molecule has 11 heteroatoms. The summed E-state index contributed by atoms with van der Waals surface area (Å²) in [6, 6.07) is 8.70. The van der Waals surface area contributed by atoms with Gasteiger partial charge in [0.2, 0.25) is 0 Å². The van der Waals surface area contributed by atoms with Crippen LogP contribution in [0.5, 0.6) is 5.75 Å². The zero-order valence-electron chi connectivity index (χ0n) is 20.9. The van der Waals surface area contributed by atoms with E-state index in [0.29, 0.717) is 47.7 Å². The molecular weight excluding hydrogens is 571 g/mol. The molecule has 0 unspecified atom stereocenters. The Morgan fingerprint density at radius 1 is 1.16 bits per heavy atom. The Morgan fingerprint density at radius 3 is 2.55 bits per heavy atom. The van der Waals surface area contributed by atoms with Crippen molar-refractivity contribution < 1.29 is 24.2 Å². The maximum Gasteiger partial charge on any atom is 0.331 e. The third-order valence-corrected chi connectivity index (χ3v) is 7.18. The normalized spacial score (nSPS) is 11.4. The Morgan fingerprint density at radius 2 is 1.89 bits per heavy atom. The first-order chi connectivity index (χ1) is 18.2. The number of aliphatic carboxylic acids is 1. The van der Waals surface area contributed by atoms with Crippen molar-refractivity contribution in [3.8, 4) is 17.0 Å². The lowest BCUT2D eigenvalue weighted by molar-refractivity contribution is -0.132. The molecule has 0 saturated heterocycles. The van der Waals surface area contributed by atoms with E-state index >= 15 is 0 Å². The summed E-state index contributed by atoms with van der Waals surface area (Å²) in [5.74, 6) is -0.201. The number of para-hydroxylation sites is 1. The summed E-state index contributed by atoms with van der Waals surface area (Å²) in [5, 5.41) is 14.4. The van der Waals surface area contributed by atoms with Gasteiger partial charge in [0.15, 0.2) is 5.13 Å². The van der Waals surface area contributed by atoms with Crippen LogP contribution in [0.3, 0.4) is 0 Å². The molecule has 0 fully saturated rings. The van der Waals surface area contributed by atoms with Crippen LogP contribution in [0.2, 0.25) is 10.0 Å². The molecule has 2 N–H and O–H groups in total. The second-order valence-corrected chi connectivity index (χ2v) is 10.3. The molecule has 0 atom stereocenters. The van der Waals surface area contributed by atoms with E-state index in [9.17, 15) is 9.59 Å². The Labute approximate surface area is 240 Å². The van der Waals surface area contributed by atoms with Crippen LogP contribution >= 0.6 is 46.1 Å². The van der Waals surface area contributed by atoms with E-state index in [1.807, 2.05) is 23.6 Å². The van der Waals surface area contributed by atoms with Gasteiger partial charge in [-0.1, -0.05) is 35.3 Å². The Hall–Kier alpha value is -2.62. The number of thiazole rings is 1. The number of carbonyl (C=O) groups is 2. The van der Waals surface area contributed by atoms with E-state index in [2.05, 4.69) is 10.3 Å². The summed E-state index contributed by atoms with van der Waals surface area (Å²) in [5.41, 5.74) is 3.07. The van der Waals surface area contributed by atoms with Gasteiger partial charge in [0.1, 0.15) is 5.75 Å². The number of benzene rings is 2. The SMILES string of the molecule is COc1c(CCOCCCCCl)cccc1-c1csc(NC(=O)c2cc(Cl)c(C=C(C)C(=O)O)c(Cl)c2)n1. The third-order valence-electron chi connectivity index (χ3n) is 5.53. The number of methoxy groups -OCH3 is 1. The van der Waals surface area contributed by atoms with Gasteiger partial charge in [-0.25, -0.2) is 9.78 Å². The monoisotopic (exact) mass is 596 g/mol. The third kappa shape index (κ3) is 7.94. The second-order valence-electron chi connectivity index (χ2n) is 8.23. The zero-order chi connectivity index (χ0) is 27.7. The predicted octanol–water partition coefficient (Wildman–Crippen LogP) is 7.44. The minimum absolute atomic E-state index is 0.0654. The van der Waals surface area contributed by atoms with Crippen LogP contribution in [-0.2, 0) is 16.0 Å². The van der Waals surface area contributed by atoms with Crippen LogP contribution in [-0.4, -0.2) is 48.2 Å². The number of ether oxygens (including phenoxy) is 2. The highest BCUT2D eigenvalue weighted by Gasteiger charge is 2.17. The summed E-state index contributed by atoms with van der Waals surface area (Å²) >= 11 is 19.5. The number of amides is 1. The molecule has 3 rings (SSSR count). The lowest BCUT2D eigenvalue weighted by atomic mass is 10.0. The number of nitrogens with one attached hydrogen (secondary N) is 1. The number of nitrogens with zero attached hydrogens (tertiary/aromatic N) is 1. The maximum absolute atomic E-state index is 12.9. The molecule has 0 aliphatic carbocycles. The van der Waals surface area contributed by atoms with Gasteiger partial charge in [0.05, 0.1) is 29.5 Å². The summed E-state index contributed by atoms with van der Waals surface area (Å²) < 4.78 is 11.4. The fourth-order valence-corrected chi connectivity index (χ4v) is 5.05. The molecule has 7 nitrogen and oxygen atoms in total. The first kappa shape index (κ1) is 29.9. The number of carboxylic acid groups (broad SMARTS) is 1. The number of hydrogen-bond acceptors (Lipinski definition) is 6. The van der Waals surface area contributed by atoms with Crippen molar-refractivity contribution in [3.63, 3.8) is 0 Å². The lowest BCUT2D eigenvalue weighted by Gasteiger charge is -2.12. The molecule has 1 heterocycles. The highest BCUT2D eigenvalue weighted by atomic mass is 35.5. The van der Waals surface area contributed by atoms with Crippen LogP contribution in [0.25, 0.3) is 17.3 Å². The molecule has 1 aromatic heterocycles. The van der Waals surface area contributed by atoms with Crippen molar-refractivity contribution in [1.29, 1.82) is 0 Å². The molecule has 1 amide bonds. The van der Waals surface area contributed by atoms with Crippen molar-refractivity contribution >= 4 is 69.2 Å². The number of carboxylic acids is 1. The number of rotatable bonds is 13. The Balaban J connectivity index is 1.73. The van der Waals surface area contributed by atoms with Gasteiger partial charge in [-0.3, -0.25) is 10.1 Å². The minimum Gasteiger partial charge on any atom is -0.496 e. The number of alkyl halides is 1. The predicted molar refractivity (Wildman–Crippen MR) is 154 cm³/mol. The first-order valence-electron chi connectivity index (χ1n) is 11.7. The van der Waals surface area contributed by atoms with E-state index in [-0.39, 0.29) is 21.2 Å². The van der Waals surface area contributed by atoms with E-state index in [1.165, 1.54) is 36.5 Å². The Kier molecular flexibility index (Phi) is 11.4. The molecule has 38 heavy (non-hydrogen) atoms. The zero-order valence-corrected chi connectivity index (χ0v) is 23.9. The van der Waals surface area contributed by atoms with Crippen molar-refractivity contribution in [1.82, 2.24) is 4.98 Å². The standard InChI is InChI=1S/C27H27Cl3N2O5S/c1-16(26(34)35)12-20-21(29)13-18(14-22(20)30)25(33)32-27-31-23(15-38-27)19-7-5-6-17(24(19)36-2)8-11-37-10-4-3-9-28/h5-7,12-15H,3-4,8-11H2,1-2H3,(H,34,35)(H,31,32,33). The topological polar surface area (TPSA) is 97.8 Å². The highest BCUT2D eigenvalue weighted by Crippen LogP contribution is 2.35. The number of unbranched alkanes of at least 4 members (excludes halogenated alkanes) is 1. The molecule has 0 aliphatic heterocycles. The molecule has 202 valence electrons. The lowest BCUT2D eigenvalue weighted by Crippen LogP contribution is -2.12.